The van der Waals surface area contributed by atoms with Crippen molar-refractivity contribution in [1.29, 1.82) is 0 Å². The zero-order valence-corrected chi connectivity index (χ0v) is 14.5. The Balaban J connectivity index is 2.33. The van der Waals surface area contributed by atoms with Gasteiger partial charge < -0.3 is 10.1 Å². The molecule has 2 nitrogen and oxygen atoms in total. The van der Waals surface area contributed by atoms with Gasteiger partial charge >= 0.3 is 0 Å². The topological polar surface area (TPSA) is 21.3 Å². The van der Waals surface area contributed by atoms with Gasteiger partial charge in [0.15, 0.2) is 0 Å². The van der Waals surface area contributed by atoms with Crippen LogP contribution in [0.4, 0.5) is 0 Å². The molecule has 1 saturated carbocycles. The molecule has 0 aromatic heterocycles. The summed E-state index contributed by atoms with van der Waals surface area (Å²) in [4.78, 5) is 0. The molecule has 118 valence electrons. The lowest BCUT2D eigenvalue weighted by Gasteiger charge is -2.43. The monoisotopic (exact) mass is 309 g/mol. The molecule has 0 amide bonds. The molecule has 2 atom stereocenters. The van der Waals surface area contributed by atoms with E-state index in [2.05, 4.69) is 38.2 Å². The van der Waals surface area contributed by atoms with Crippen LogP contribution >= 0.6 is 11.6 Å². The van der Waals surface area contributed by atoms with E-state index in [-0.39, 0.29) is 0 Å². The summed E-state index contributed by atoms with van der Waals surface area (Å²) in [7, 11) is 1.68. The minimum absolute atomic E-state index is 0.372. The van der Waals surface area contributed by atoms with E-state index in [1.165, 1.54) is 31.2 Å². The summed E-state index contributed by atoms with van der Waals surface area (Å²) < 4.78 is 5.39. The fraction of sp³-hybridized carbons (Fsp3) is 0.667. The first kappa shape index (κ1) is 16.6. The molecular formula is C18H28ClNO. The molecule has 0 spiro atoms. The van der Waals surface area contributed by atoms with Gasteiger partial charge in [0.25, 0.3) is 0 Å². The Kier molecular flexibility index (Phi) is 5.56. The van der Waals surface area contributed by atoms with E-state index < -0.39 is 0 Å². The molecule has 21 heavy (non-hydrogen) atoms. The Hall–Kier alpha value is -0.730. The molecule has 1 N–H and O–H groups in total. The molecule has 0 aliphatic heterocycles. The van der Waals surface area contributed by atoms with E-state index >= 15 is 0 Å². The number of hydrogen-bond donors (Lipinski definition) is 1. The minimum Gasteiger partial charge on any atom is -0.495 e. The third kappa shape index (κ3) is 3.73. The lowest BCUT2D eigenvalue weighted by molar-refractivity contribution is 0.0987. The first-order chi connectivity index (χ1) is 9.99. The molecule has 1 aromatic carbocycles. The van der Waals surface area contributed by atoms with Gasteiger partial charge in [-0.15, -0.1) is 0 Å². The van der Waals surface area contributed by atoms with Crippen LogP contribution in [0.3, 0.4) is 0 Å². The smallest absolute Gasteiger partial charge is 0.137 e. The number of nitrogens with one attached hydrogen (secondary N) is 1. The van der Waals surface area contributed by atoms with Gasteiger partial charge in [-0.05, 0) is 48.4 Å². The van der Waals surface area contributed by atoms with Crippen LogP contribution < -0.4 is 10.1 Å². The molecule has 3 heteroatoms. The standard InChI is InChI=1S/C18H28ClNO/c1-5-20-17(14-8-6-7-11-18(14,2)3)13-9-10-15(19)16(12-13)21-4/h9-10,12,14,17,20H,5-8,11H2,1-4H3. The third-order valence-corrected chi connectivity index (χ3v) is 5.26. The predicted molar refractivity (Wildman–Crippen MR) is 90.2 cm³/mol. The predicted octanol–water partition coefficient (Wildman–Crippen LogP) is 5.22. The van der Waals surface area contributed by atoms with Crippen molar-refractivity contribution in [1.82, 2.24) is 5.32 Å². The van der Waals surface area contributed by atoms with E-state index in [9.17, 15) is 0 Å². The van der Waals surface area contributed by atoms with Gasteiger partial charge in [-0.1, -0.05) is 51.3 Å². The molecule has 1 aromatic rings. The van der Waals surface area contributed by atoms with Crippen LogP contribution in [-0.2, 0) is 0 Å². The van der Waals surface area contributed by atoms with E-state index in [0.29, 0.717) is 22.4 Å². The summed E-state index contributed by atoms with van der Waals surface area (Å²) in [6.07, 6.45) is 5.28. The second kappa shape index (κ2) is 7.02. The van der Waals surface area contributed by atoms with Crippen molar-refractivity contribution >= 4 is 11.6 Å². The first-order valence-electron chi connectivity index (χ1n) is 8.06. The molecule has 0 heterocycles. The van der Waals surface area contributed by atoms with Gasteiger partial charge in [-0.3, -0.25) is 0 Å². The van der Waals surface area contributed by atoms with Gasteiger partial charge in [0.2, 0.25) is 0 Å². The zero-order chi connectivity index (χ0) is 15.5. The fourth-order valence-electron chi connectivity index (χ4n) is 3.72. The Bertz CT molecular complexity index is 472. The number of rotatable bonds is 5. The van der Waals surface area contributed by atoms with Crippen molar-refractivity contribution in [3.8, 4) is 5.75 Å². The van der Waals surface area contributed by atoms with Gasteiger partial charge in [-0.2, -0.15) is 0 Å². The first-order valence-corrected chi connectivity index (χ1v) is 8.44. The molecule has 1 aliphatic carbocycles. The summed E-state index contributed by atoms with van der Waals surface area (Å²) in [5.74, 6) is 1.42. The largest absolute Gasteiger partial charge is 0.495 e. The summed E-state index contributed by atoms with van der Waals surface area (Å²) in [5, 5.41) is 4.38. The van der Waals surface area contributed by atoms with Crippen LogP contribution in [0.5, 0.6) is 5.75 Å². The molecule has 0 radical (unpaired) electrons. The van der Waals surface area contributed by atoms with E-state index in [0.717, 1.165) is 12.3 Å². The van der Waals surface area contributed by atoms with E-state index in [4.69, 9.17) is 16.3 Å². The quantitative estimate of drug-likeness (QED) is 0.805. The normalized spacial score (nSPS) is 22.8. The number of ether oxygens (including phenoxy) is 1. The molecule has 0 bridgehead atoms. The summed E-state index contributed by atoms with van der Waals surface area (Å²) in [6, 6.07) is 6.57. The fourth-order valence-corrected chi connectivity index (χ4v) is 3.92. The highest BCUT2D eigenvalue weighted by Crippen LogP contribution is 2.47. The lowest BCUT2D eigenvalue weighted by Crippen LogP contribution is -2.39. The minimum atomic E-state index is 0.372. The summed E-state index contributed by atoms with van der Waals surface area (Å²) >= 11 is 6.17. The molecule has 2 rings (SSSR count). The van der Waals surface area contributed by atoms with E-state index in [1.54, 1.807) is 7.11 Å². The van der Waals surface area contributed by atoms with Crippen molar-refractivity contribution in [2.24, 2.45) is 11.3 Å². The third-order valence-electron chi connectivity index (χ3n) is 4.95. The second-order valence-electron chi connectivity index (χ2n) is 6.77. The summed E-state index contributed by atoms with van der Waals surface area (Å²) in [6.45, 7) is 7.97. The Labute approximate surface area is 134 Å². The highest BCUT2D eigenvalue weighted by Gasteiger charge is 2.37. The highest BCUT2D eigenvalue weighted by molar-refractivity contribution is 6.32. The van der Waals surface area contributed by atoms with Crippen LogP contribution in [0.2, 0.25) is 5.02 Å². The van der Waals surface area contributed by atoms with Crippen molar-refractivity contribution < 1.29 is 4.74 Å². The molecule has 0 saturated heterocycles. The van der Waals surface area contributed by atoms with Gasteiger partial charge in [0.05, 0.1) is 12.1 Å². The lowest BCUT2D eigenvalue weighted by atomic mass is 9.65. The van der Waals surface area contributed by atoms with Crippen LogP contribution in [0.15, 0.2) is 18.2 Å². The maximum Gasteiger partial charge on any atom is 0.137 e. The molecule has 1 aliphatic rings. The van der Waals surface area contributed by atoms with Crippen LogP contribution in [0.1, 0.15) is 58.1 Å². The van der Waals surface area contributed by atoms with Gasteiger partial charge in [-0.25, -0.2) is 0 Å². The average Bonchev–Trinajstić information content (AvgIpc) is 2.46. The Morgan fingerprint density at radius 3 is 2.76 bits per heavy atom. The van der Waals surface area contributed by atoms with Gasteiger partial charge in [0.1, 0.15) is 5.75 Å². The maximum atomic E-state index is 6.17. The Morgan fingerprint density at radius 2 is 2.14 bits per heavy atom. The zero-order valence-electron chi connectivity index (χ0n) is 13.7. The van der Waals surface area contributed by atoms with Crippen LogP contribution in [-0.4, -0.2) is 13.7 Å². The molecular weight excluding hydrogens is 282 g/mol. The number of hydrogen-bond acceptors (Lipinski definition) is 2. The second-order valence-corrected chi connectivity index (χ2v) is 7.18. The SMILES string of the molecule is CCNC(c1ccc(Cl)c(OC)c1)C1CCCCC1(C)C. The van der Waals surface area contributed by atoms with E-state index in [1.807, 2.05) is 6.07 Å². The number of halogens is 1. The molecule has 1 fully saturated rings. The van der Waals surface area contributed by atoms with Crippen LogP contribution in [0.25, 0.3) is 0 Å². The van der Waals surface area contributed by atoms with Crippen molar-refractivity contribution in [2.75, 3.05) is 13.7 Å². The van der Waals surface area contributed by atoms with Gasteiger partial charge in [0, 0.05) is 6.04 Å². The van der Waals surface area contributed by atoms with Crippen molar-refractivity contribution in [3.05, 3.63) is 28.8 Å². The highest BCUT2D eigenvalue weighted by atomic mass is 35.5. The van der Waals surface area contributed by atoms with Crippen molar-refractivity contribution in [3.63, 3.8) is 0 Å². The Morgan fingerprint density at radius 1 is 1.38 bits per heavy atom. The maximum absolute atomic E-state index is 6.17. The number of benzene rings is 1. The summed E-state index contributed by atoms with van der Waals surface area (Å²) in [5.41, 5.74) is 1.66. The number of methoxy groups -OCH3 is 1. The van der Waals surface area contributed by atoms with Crippen LogP contribution in [0, 0.1) is 11.3 Å². The average molecular weight is 310 g/mol. The molecule has 2 unspecified atom stereocenters. The van der Waals surface area contributed by atoms with Crippen molar-refractivity contribution in [2.45, 2.75) is 52.5 Å².